The van der Waals surface area contributed by atoms with E-state index in [-0.39, 0.29) is 45.6 Å². The third kappa shape index (κ3) is 10.8. The second kappa shape index (κ2) is 20.0. The molecule has 0 bridgehead atoms. The number of hydrogen-bond acceptors (Lipinski definition) is 11. The first kappa shape index (κ1) is 50.3. The van der Waals surface area contributed by atoms with E-state index in [4.69, 9.17) is 14.2 Å². The van der Waals surface area contributed by atoms with Crippen LogP contribution < -0.4 is 19.8 Å². The number of esters is 2. The van der Waals surface area contributed by atoms with Gasteiger partial charge in [-0.15, -0.1) is 10.2 Å². The monoisotopic (exact) mass is 1130 g/mol. The van der Waals surface area contributed by atoms with E-state index in [1.54, 1.807) is 0 Å². The zero-order chi connectivity index (χ0) is 50.3. The van der Waals surface area contributed by atoms with Crippen LogP contribution >= 0.6 is 47.8 Å². The minimum Gasteiger partial charge on any atom is -0.493 e. The number of fused-ring (bicyclic) bond motifs is 5. The van der Waals surface area contributed by atoms with Crippen molar-refractivity contribution in [3.05, 3.63) is 148 Å². The maximum absolute atomic E-state index is 12.3. The molecule has 0 atom stereocenters. The van der Waals surface area contributed by atoms with Gasteiger partial charge in [0.2, 0.25) is 5.65 Å². The molecule has 4 aliphatic rings. The molecule has 0 unspecified atom stereocenters. The number of H-pyrrole nitrogens is 2. The molecule has 4 heterocycles. The number of ketones is 2. The molecular formula is C54H50Br3N5O8. The maximum atomic E-state index is 12.3. The summed E-state index contributed by atoms with van der Waals surface area (Å²) in [6.07, 6.45) is 3.80. The van der Waals surface area contributed by atoms with Crippen molar-refractivity contribution in [3.8, 4) is 39.8 Å². The third-order valence-corrected chi connectivity index (χ3v) is 14.0. The van der Waals surface area contributed by atoms with Gasteiger partial charge in [-0.25, -0.2) is 4.98 Å². The van der Waals surface area contributed by atoms with Crippen molar-refractivity contribution < 1.29 is 33.4 Å². The zero-order valence-electron chi connectivity index (χ0n) is 39.6. The summed E-state index contributed by atoms with van der Waals surface area (Å²) < 4.78 is 19.7. The molecule has 0 radical (unpaired) electrons. The van der Waals surface area contributed by atoms with Gasteiger partial charge in [-0.1, -0.05) is 79.8 Å². The van der Waals surface area contributed by atoms with Gasteiger partial charge in [0, 0.05) is 36.4 Å². The Morgan fingerprint density at radius 2 is 1.11 bits per heavy atom. The predicted octanol–water partition coefficient (Wildman–Crippen LogP) is 12.0. The second-order valence-corrected chi connectivity index (χ2v) is 22.2. The Balaban J connectivity index is 0.000000142. The van der Waals surface area contributed by atoms with Crippen LogP contribution in [0, 0.1) is 16.2 Å². The van der Waals surface area contributed by atoms with Crippen molar-refractivity contribution in [2.24, 2.45) is 16.2 Å². The van der Waals surface area contributed by atoms with Crippen LogP contribution in [0.2, 0.25) is 0 Å². The number of aromatic nitrogens is 5. The lowest BCUT2D eigenvalue weighted by Gasteiger charge is -2.29. The molecule has 2 aliphatic heterocycles. The number of aromatic amines is 2. The highest BCUT2D eigenvalue weighted by Gasteiger charge is 2.38. The largest absolute Gasteiger partial charge is 0.493 e. The third-order valence-electron chi connectivity index (χ3n) is 12.5. The number of Topliss-reactive ketones (excluding diaryl/α,β-unsaturated/α-hetero) is 2. The Kier molecular flexibility index (Phi) is 14.3. The zero-order valence-corrected chi connectivity index (χ0v) is 44.4. The number of halogens is 3. The number of nitrogens with zero attached hydrogens (tertiary/aromatic N) is 3. The fraction of sp³-hybridized carbons (Fsp3) is 0.296. The number of carbonyl (C=O) groups excluding carboxylic acids is 4. The average molecular weight is 1140 g/mol. The first-order valence-electron chi connectivity index (χ1n) is 22.7. The predicted molar refractivity (Wildman–Crippen MR) is 277 cm³/mol. The molecule has 0 spiro atoms. The lowest BCUT2D eigenvalue weighted by Crippen LogP contribution is -2.35. The van der Waals surface area contributed by atoms with Crippen molar-refractivity contribution in [2.75, 3.05) is 6.61 Å². The van der Waals surface area contributed by atoms with Crippen LogP contribution in [0.4, 0.5) is 0 Å². The van der Waals surface area contributed by atoms with Gasteiger partial charge in [-0.3, -0.25) is 24.0 Å². The average Bonchev–Trinajstić information content (AvgIpc) is 3.99. The highest BCUT2D eigenvalue weighted by molar-refractivity contribution is 9.11. The summed E-state index contributed by atoms with van der Waals surface area (Å²) in [5.74, 6) is 2.42. The van der Waals surface area contributed by atoms with Crippen molar-refractivity contribution >= 4 is 82.5 Å². The standard InChI is InChI=1S/C23H21N5O4.C11H11BrO2.C11H11BrO.C9H7BrO/c1-4-31-17-10-13(12-6-8-16-14(9-12)11-23(2,3)22(30)32-16)5-7-15(17)19-24-20-18(21(29)25-19)26-28-27-20;1-11(2)6-7-5-8(12)3-4-9(7)14-10(11)13;1-11(2)6-7-5-8(12)3-4-9(7)10(11)13;10-7-2-3-8-6(5-7)1-4-9(8)11/h5-10H,4,11H2,1-3H3,(H2,24,25,26,27,28,29);3-5H,6H2,1-2H3;3-5H,6H2,1-2H3;2-3,5H,1,4H2. The van der Waals surface area contributed by atoms with Crippen LogP contribution in [0.5, 0.6) is 17.2 Å². The Morgan fingerprint density at radius 3 is 1.77 bits per heavy atom. The van der Waals surface area contributed by atoms with Crippen LogP contribution in [0.25, 0.3) is 33.7 Å². The highest BCUT2D eigenvalue weighted by atomic mass is 79.9. The number of hydrogen-bond donors (Lipinski definition) is 2. The van der Waals surface area contributed by atoms with E-state index in [0.29, 0.717) is 48.1 Å². The number of nitrogens with one attached hydrogen (secondary N) is 2. The summed E-state index contributed by atoms with van der Waals surface area (Å²) in [6.45, 7) is 13.9. The molecule has 360 valence electrons. The first-order chi connectivity index (χ1) is 33.1. The Bertz CT molecular complexity index is 3300. The smallest absolute Gasteiger partial charge is 0.317 e. The maximum Gasteiger partial charge on any atom is 0.317 e. The van der Waals surface area contributed by atoms with E-state index >= 15 is 0 Å². The Hall–Kier alpha value is -6.10. The van der Waals surface area contributed by atoms with Crippen molar-refractivity contribution in [3.63, 3.8) is 0 Å². The highest BCUT2D eigenvalue weighted by Crippen LogP contribution is 2.41. The van der Waals surface area contributed by atoms with Gasteiger partial charge in [0.15, 0.2) is 17.1 Å². The molecule has 0 saturated heterocycles. The number of carbonyl (C=O) groups is 4. The summed E-state index contributed by atoms with van der Waals surface area (Å²) in [5.41, 5.74) is 7.61. The van der Waals surface area contributed by atoms with Gasteiger partial charge < -0.3 is 19.2 Å². The van der Waals surface area contributed by atoms with E-state index in [9.17, 15) is 24.0 Å². The number of benzene rings is 5. The molecule has 11 rings (SSSR count). The molecule has 16 heteroatoms. The molecule has 0 amide bonds. The first-order valence-corrected chi connectivity index (χ1v) is 25.1. The summed E-state index contributed by atoms with van der Waals surface area (Å²) in [4.78, 5) is 66.1. The fourth-order valence-electron chi connectivity index (χ4n) is 8.69. The van der Waals surface area contributed by atoms with Gasteiger partial charge in [-0.2, -0.15) is 5.21 Å². The molecule has 2 aliphatic carbocycles. The van der Waals surface area contributed by atoms with E-state index in [0.717, 1.165) is 66.1 Å². The van der Waals surface area contributed by atoms with Gasteiger partial charge in [-0.05, 0) is 166 Å². The molecular weight excluding hydrogens is 1090 g/mol. The molecule has 13 nitrogen and oxygen atoms in total. The van der Waals surface area contributed by atoms with Crippen molar-refractivity contribution in [1.82, 2.24) is 25.4 Å². The van der Waals surface area contributed by atoms with Crippen molar-refractivity contribution in [1.29, 1.82) is 0 Å². The lowest BCUT2D eigenvalue weighted by atomic mass is 9.83. The van der Waals surface area contributed by atoms with Crippen LogP contribution in [0.15, 0.2) is 109 Å². The van der Waals surface area contributed by atoms with Crippen LogP contribution in [0.3, 0.4) is 0 Å². The van der Waals surface area contributed by atoms with Crippen LogP contribution in [0.1, 0.15) is 97.9 Å². The normalized spacial score (nSPS) is 16.4. The molecule has 0 fully saturated rings. The summed E-state index contributed by atoms with van der Waals surface area (Å²) in [6, 6.07) is 28.9. The topological polar surface area (TPSA) is 183 Å². The quantitative estimate of drug-likeness (QED) is 0.126. The Labute approximate surface area is 429 Å². The fourth-order valence-corrected chi connectivity index (χ4v) is 9.91. The molecule has 5 aromatic carbocycles. The van der Waals surface area contributed by atoms with E-state index in [1.165, 1.54) is 11.1 Å². The van der Waals surface area contributed by atoms with Crippen molar-refractivity contribution in [2.45, 2.75) is 80.6 Å². The van der Waals surface area contributed by atoms with Gasteiger partial charge in [0.05, 0.1) is 23.0 Å². The van der Waals surface area contributed by atoms with Gasteiger partial charge in [0.1, 0.15) is 23.1 Å². The number of ether oxygens (including phenoxy) is 3. The molecule has 0 saturated carbocycles. The SMILES string of the molecule is CC1(C)Cc2cc(Br)ccc2C1=O.CC1(C)Cc2cc(Br)ccc2OC1=O.CCOc1cc(-c2ccc3c(c2)CC(C)(C)C(=O)O3)ccc1-c1nc2n[nH]nc2c(=O)[nH]1.O=C1CCc2cc(Br)ccc21. The number of rotatable bonds is 4. The van der Waals surface area contributed by atoms with E-state index in [2.05, 4.69) is 73.2 Å². The lowest BCUT2D eigenvalue weighted by molar-refractivity contribution is -0.146. The molecule has 70 heavy (non-hydrogen) atoms. The molecule has 2 aromatic heterocycles. The summed E-state index contributed by atoms with van der Waals surface area (Å²) in [5, 5.41) is 10.1. The minimum absolute atomic E-state index is 0.146. The van der Waals surface area contributed by atoms with E-state index in [1.807, 2.05) is 139 Å². The van der Waals surface area contributed by atoms with Gasteiger partial charge in [0.25, 0.3) is 5.56 Å². The molecule has 7 aromatic rings. The Morgan fingerprint density at radius 1 is 0.586 bits per heavy atom. The number of aryl methyl sites for hydroxylation is 1. The minimum atomic E-state index is -0.566. The second-order valence-electron chi connectivity index (χ2n) is 19.4. The summed E-state index contributed by atoms with van der Waals surface area (Å²) >= 11 is 10.2. The molecule has 2 N–H and O–H groups in total. The van der Waals surface area contributed by atoms with Crippen LogP contribution in [-0.2, 0) is 35.3 Å². The van der Waals surface area contributed by atoms with Crippen LogP contribution in [-0.4, -0.2) is 55.5 Å². The van der Waals surface area contributed by atoms with Gasteiger partial charge >= 0.3 is 11.9 Å². The summed E-state index contributed by atoms with van der Waals surface area (Å²) in [7, 11) is 0. The van der Waals surface area contributed by atoms with E-state index < -0.39 is 10.8 Å².